The maximum atomic E-state index is 9.14. The number of aliphatic hydroxyl groups is 3. The van der Waals surface area contributed by atoms with E-state index in [1.165, 1.54) is 10.4 Å². The van der Waals surface area contributed by atoms with Gasteiger partial charge < -0.3 is 19.7 Å². The van der Waals surface area contributed by atoms with Gasteiger partial charge in [0, 0.05) is 26.4 Å². The highest BCUT2D eigenvalue weighted by Crippen LogP contribution is 2.36. The second kappa shape index (κ2) is 12.1. The Balaban J connectivity index is 0.000000646. The molecule has 0 amide bonds. The molecule has 0 aliphatic rings. The molecule has 0 saturated heterocycles. The van der Waals surface area contributed by atoms with E-state index in [4.69, 9.17) is 19.7 Å². The van der Waals surface area contributed by atoms with Crippen LogP contribution in [0.15, 0.2) is 60.7 Å². The molecule has 0 aliphatic heterocycles. The fraction of sp³-hybridized carbons (Fsp3) is 0.455. The minimum atomic E-state index is -2.40. The smallest absolute Gasteiger partial charge is 0.261 e. The Bertz CT molecular complexity index is 570. The summed E-state index contributed by atoms with van der Waals surface area (Å²) in [6.07, 6.45) is 1.17. The van der Waals surface area contributed by atoms with Gasteiger partial charge in [-0.15, -0.1) is 0 Å². The molecule has 0 atom stereocenters. The number of benzene rings is 2. The molecule has 3 N–H and O–H groups in total. The SMILES string of the molecule is CC(C)(C)[Si](OCCCO)(c1ccccc1)c1ccccc1.OCCCO. The molecule has 2 aromatic carbocycles. The number of rotatable bonds is 8. The van der Waals surface area contributed by atoms with Crippen molar-refractivity contribution in [2.24, 2.45) is 0 Å². The molecular weight excluding hydrogens is 356 g/mol. The zero-order valence-corrected chi connectivity index (χ0v) is 17.8. The molecule has 0 unspecified atom stereocenters. The molecule has 0 saturated carbocycles. The maximum Gasteiger partial charge on any atom is 0.261 e. The first kappa shape index (κ1) is 23.5. The third-order valence-electron chi connectivity index (χ3n) is 4.35. The Kier molecular flexibility index (Phi) is 10.5. The van der Waals surface area contributed by atoms with Gasteiger partial charge in [-0.1, -0.05) is 81.4 Å². The third kappa shape index (κ3) is 6.55. The summed E-state index contributed by atoms with van der Waals surface area (Å²) in [5.41, 5.74) is 0. The van der Waals surface area contributed by atoms with Crippen molar-refractivity contribution in [1.29, 1.82) is 0 Å². The van der Waals surface area contributed by atoms with E-state index in [9.17, 15) is 0 Å². The van der Waals surface area contributed by atoms with Crippen LogP contribution >= 0.6 is 0 Å². The first-order valence-electron chi connectivity index (χ1n) is 9.51. The number of hydrogen-bond donors (Lipinski definition) is 3. The van der Waals surface area contributed by atoms with Gasteiger partial charge in [-0.05, 0) is 28.3 Å². The molecule has 5 heteroatoms. The fourth-order valence-electron chi connectivity index (χ4n) is 3.12. The standard InChI is InChI=1S/C19H26O2Si.C3H8O2/c1-19(2,3)22(21-16-10-15-20,17-11-6-4-7-12-17)18-13-8-5-9-14-18;4-2-1-3-5/h4-9,11-14,20H,10,15-16H2,1-3H3;4-5H,1-3H2. The van der Waals surface area contributed by atoms with Crippen molar-refractivity contribution in [2.75, 3.05) is 26.4 Å². The lowest BCUT2D eigenvalue weighted by atomic mass is 10.2. The van der Waals surface area contributed by atoms with Gasteiger partial charge in [0.05, 0.1) is 0 Å². The third-order valence-corrected chi connectivity index (χ3v) is 9.40. The monoisotopic (exact) mass is 390 g/mol. The Morgan fingerprint density at radius 1 is 0.704 bits per heavy atom. The van der Waals surface area contributed by atoms with Gasteiger partial charge in [-0.2, -0.15) is 0 Å². The van der Waals surface area contributed by atoms with E-state index in [0.717, 1.165) is 0 Å². The van der Waals surface area contributed by atoms with E-state index in [1.54, 1.807) is 0 Å². The summed E-state index contributed by atoms with van der Waals surface area (Å²) in [4.78, 5) is 0. The predicted octanol–water partition coefficient (Wildman–Crippen LogP) is 2.31. The molecule has 0 fully saturated rings. The van der Waals surface area contributed by atoms with Crippen LogP contribution in [-0.4, -0.2) is 50.1 Å². The molecule has 0 heterocycles. The molecule has 0 radical (unpaired) electrons. The molecule has 27 heavy (non-hydrogen) atoms. The second-order valence-electron chi connectivity index (χ2n) is 7.39. The van der Waals surface area contributed by atoms with E-state index in [2.05, 4.69) is 69.3 Å². The second-order valence-corrected chi connectivity index (χ2v) is 11.7. The molecule has 4 nitrogen and oxygen atoms in total. The molecule has 0 aliphatic carbocycles. The van der Waals surface area contributed by atoms with Gasteiger partial charge in [0.25, 0.3) is 8.32 Å². The fourth-order valence-corrected chi connectivity index (χ4v) is 7.73. The largest absolute Gasteiger partial charge is 0.407 e. The van der Waals surface area contributed by atoms with Crippen LogP contribution in [0.4, 0.5) is 0 Å². The maximum absolute atomic E-state index is 9.14. The van der Waals surface area contributed by atoms with Gasteiger partial charge in [0.15, 0.2) is 0 Å². The summed E-state index contributed by atoms with van der Waals surface area (Å²) < 4.78 is 6.59. The lowest BCUT2D eigenvalue weighted by Gasteiger charge is -2.43. The van der Waals surface area contributed by atoms with Crippen molar-refractivity contribution >= 4 is 18.7 Å². The van der Waals surface area contributed by atoms with Gasteiger partial charge in [-0.3, -0.25) is 0 Å². The predicted molar refractivity (Wildman–Crippen MR) is 114 cm³/mol. The Morgan fingerprint density at radius 2 is 1.11 bits per heavy atom. The molecule has 0 spiro atoms. The summed E-state index contributed by atoms with van der Waals surface area (Å²) in [6, 6.07) is 21.2. The van der Waals surface area contributed by atoms with Crippen LogP contribution in [0, 0.1) is 0 Å². The van der Waals surface area contributed by atoms with Gasteiger partial charge in [0.1, 0.15) is 0 Å². The van der Waals surface area contributed by atoms with Crippen LogP contribution in [0.1, 0.15) is 33.6 Å². The van der Waals surface area contributed by atoms with E-state index in [-0.39, 0.29) is 24.9 Å². The summed E-state index contributed by atoms with van der Waals surface area (Å²) >= 11 is 0. The Morgan fingerprint density at radius 3 is 1.41 bits per heavy atom. The molecular formula is C22H34O4Si. The van der Waals surface area contributed by atoms with Crippen LogP contribution in [0.3, 0.4) is 0 Å². The first-order valence-corrected chi connectivity index (χ1v) is 11.4. The normalized spacial score (nSPS) is 11.6. The van der Waals surface area contributed by atoms with E-state index in [1.807, 2.05) is 12.1 Å². The zero-order chi connectivity index (χ0) is 20.2. The summed E-state index contributed by atoms with van der Waals surface area (Å²) in [5.74, 6) is 0. The summed E-state index contributed by atoms with van der Waals surface area (Å²) in [7, 11) is -2.40. The summed E-state index contributed by atoms with van der Waals surface area (Å²) in [5, 5.41) is 27.5. The van der Waals surface area contributed by atoms with E-state index in [0.29, 0.717) is 19.4 Å². The Hall–Kier alpha value is -1.50. The van der Waals surface area contributed by atoms with Crippen molar-refractivity contribution in [3.8, 4) is 0 Å². The van der Waals surface area contributed by atoms with E-state index < -0.39 is 8.32 Å². The van der Waals surface area contributed by atoms with Crippen molar-refractivity contribution in [2.45, 2.75) is 38.7 Å². The van der Waals surface area contributed by atoms with Crippen molar-refractivity contribution in [3.63, 3.8) is 0 Å². The van der Waals surface area contributed by atoms with Gasteiger partial charge in [-0.25, -0.2) is 0 Å². The molecule has 2 aromatic rings. The topological polar surface area (TPSA) is 69.9 Å². The van der Waals surface area contributed by atoms with Crippen molar-refractivity contribution < 1.29 is 19.7 Å². The van der Waals surface area contributed by atoms with Crippen molar-refractivity contribution in [1.82, 2.24) is 0 Å². The first-order chi connectivity index (χ1) is 12.9. The number of hydrogen-bond acceptors (Lipinski definition) is 4. The lowest BCUT2D eigenvalue weighted by molar-refractivity contribution is 0.221. The quantitative estimate of drug-likeness (QED) is 0.478. The minimum Gasteiger partial charge on any atom is -0.407 e. The average molecular weight is 391 g/mol. The molecule has 0 bridgehead atoms. The van der Waals surface area contributed by atoms with Crippen LogP contribution in [-0.2, 0) is 4.43 Å². The minimum absolute atomic E-state index is 0.00512. The molecule has 2 rings (SSSR count). The average Bonchev–Trinajstić information content (AvgIpc) is 2.67. The highest BCUT2D eigenvalue weighted by molar-refractivity contribution is 6.99. The molecule has 150 valence electrons. The Labute approximate surface area is 164 Å². The van der Waals surface area contributed by atoms with Crippen LogP contribution in [0.2, 0.25) is 5.04 Å². The van der Waals surface area contributed by atoms with Crippen LogP contribution in [0.25, 0.3) is 0 Å². The van der Waals surface area contributed by atoms with Crippen LogP contribution < -0.4 is 10.4 Å². The lowest BCUT2D eigenvalue weighted by Crippen LogP contribution is -2.66. The summed E-state index contributed by atoms with van der Waals surface area (Å²) in [6.45, 7) is 7.73. The van der Waals surface area contributed by atoms with Gasteiger partial charge in [0.2, 0.25) is 0 Å². The van der Waals surface area contributed by atoms with Gasteiger partial charge >= 0.3 is 0 Å². The number of aliphatic hydroxyl groups excluding tert-OH is 3. The van der Waals surface area contributed by atoms with Crippen LogP contribution in [0.5, 0.6) is 0 Å². The van der Waals surface area contributed by atoms with Crippen molar-refractivity contribution in [3.05, 3.63) is 60.7 Å². The highest BCUT2D eigenvalue weighted by Gasteiger charge is 2.49. The molecule has 0 aromatic heterocycles. The zero-order valence-electron chi connectivity index (χ0n) is 16.8. The highest BCUT2D eigenvalue weighted by atomic mass is 28.4. The van der Waals surface area contributed by atoms with E-state index >= 15 is 0 Å².